The number of carbonyl (C=O) groups excluding carboxylic acids is 2. The van der Waals surface area contributed by atoms with Crippen LogP contribution in [0.2, 0.25) is 0 Å². The Labute approximate surface area is 161 Å². The first-order valence-corrected chi connectivity index (χ1v) is 9.03. The van der Waals surface area contributed by atoms with Crippen LogP contribution in [0.4, 0.5) is 14.7 Å². The van der Waals surface area contributed by atoms with Gasteiger partial charge < -0.3 is 4.90 Å². The van der Waals surface area contributed by atoms with Gasteiger partial charge in [-0.15, -0.1) is 0 Å². The molecule has 2 aliphatic rings. The molecule has 1 fully saturated rings. The molecule has 1 aromatic carbocycles. The average molecular weight is 470 g/mol. The molecule has 1 aromatic heterocycles. The van der Waals surface area contributed by atoms with Crippen LogP contribution in [-0.2, 0) is 10.2 Å². The molecule has 1 N–H and O–H groups in total. The number of rotatable bonds is 3. The van der Waals surface area contributed by atoms with Crippen LogP contribution in [0.3, 0.4) is 0 Å². The summed E-state index contributed by atoms with van der Waals surface area (Å²) in [6, 6.07) is 3.19. The summed E-state index contributed by atoms with van der Waals surface area (Å²) in [4.78, 5) is 33.7. The first-order valence-electron chi connectivity index (χ1n) is 7.95. The van der Waals surface area contributed by atoms with Gasteiger partial charge in [-0.3, -0.25) is 14.9 Å². The number of hydrogen-bond acceptors (Lipinski definition) is 4. The van der Waals surface area contributed by atoms with Gasteiger partial charge in [0.15, 0.2) is 5.82 Å². The maximum atomic E-state index is 14.6. The number of aromatic nitrogens is 2. The zero-order valence-electron chi connectivity index (χ0n) is 13.4. The lowest BCUT2D eigenvalue weighted by Crippen LogP contribution is -2.47. The number of carbonyl (C=O) groups is 2. The van der Waals surface area contributed by atoms with Gasteiger partial charge in [-0.25, -0.2) is 18.7 Å². The maximum absolute atomic E-state index is 14.6. The first-order chi connectivity index (χ1) is 12.4. The lowest BCUT2D eigenvalue weighted by atomic mass is 9.86. The summed E-state index contributed by atoms with van der Waals surface area (Å²) in [6.45, 7) is 0.0991. The molecule has 1 aliphatic carbocycles. The quantitative estimate of drug-likeness (QED) is 0.700. The molecule has 9 heteroatoms. The van der Waals surface area contributed by atoms with Gasteiger partial charge in [0.1, 0.15) is 12.4 Å². The van der Waals surface area contributed by atoms with Gasteiger partial charge in [-0.05, 0) is 47.6 Å². The van der Waals surface area contributed by atoms with Crippen LogP contribution in [0.1, 0.15) is 28.8 Å². The van der Waals surface area contributed by atoms with Crippen LogP contribution in [0.15, 0.2) is 24.5 Å². The Balaban J connectivity index is 1.55. The second-order valence-corrected chi connectivity index (χ2v) is 7.66. The summed E-state index contributed by atoms with van der Waals surface area (Å²) in [5.74, 6) is -1.85. The van der Waals surface area contributed by atoms with E-state index in [1.165, 1.54) is 4.90 Å². The standard InChI is InChI=1S/C17H13F2IN4O2/c18-9-5-21-16(22-6-9)23-12(25)7-24-8-17(3-4-17)13-10(15(24)26)1-2-11(20)14(13)19/h1-2,5-6H,3-4,7-8H2,(H,21,22,23,25). The molecule has 0 atom stereocenters. The maximum Gasteiger partial charge on any atom is 0.254 e. The Bertz CT molecular complexity index is 916. The van der Waals surface area contributed by atoms with Gasteiger partial charge in [0, 0.05) is 26.7 Å². The molecule has 2 heterocycles. The molecule has 1 aliphatic heterocycles. The minimum absolute atomic E-state index is 0.0389. The first kappa shape index (κ1) is 17.3. The molecule has 4 rings (SSSR count). The van der Waals surface area contributed by atoms with Crippen molar-refractivity contribution in [1.29, 1.82) is 0 Å². The van der Waals surface area contributed by atoms with Gasteiger partial charge in [0.2, 0.25) is 11.9 Å². The predicted octanol–water partition coefficient (Wildman–Crippen LogP) is 2.49. The van der Waals surface area contributed by atoms with Crippen molar-refractivity contribution < 1.29 is 18.4 Å². The van der Waals surface area contributed by atoms with E-state index in [0.717, 1.165) is 25.2 Å². The molecule has 6 nitrogen and oxygen atoms in total. The molecule has 134 valence electrons. The molecular formula is C17H13F2IN4O2. The van der Waals surface area contributed by atoms with Crippen molar-refractivity contribution in [2.75, 3.05) is 18.4 Å². The van der Waals surface area contributed by atoms with Crippen LogP contribution in [0, 0.1) is 15.2 Å². The second kappa shape index (κ2) is 6.22. The van der Waals surface area contributed by atoms with E-state index in [1.807, 2.05) is 22.6 Å². The molecule has 0 saturated heterocycles. The zero-order chi connectivity index (χ0) is 18.5. The monoisotopic (exact) mass is 470 g/mol. The number of benzene rings is 1. The highest BCUT2D eigenvalue weighted by atomic mass is 127. The Morgan fingerprint density at radius 3 is 2.62 bits per heavy atom. The molecule has 1 spiro atoms. The molecular weight excluding hydrogens is 457 g/mol. The average Bonchev–Trinajstić information content (AvgIpc) is 3.37. The predicted molar refractivity (Wildman–Crippen MR) is 96.6 cm³/mol. The van der Waals surface area contributed by atoms with Crippen LogP contribution in [0.25, 0.3) is 0 Å². The third kappa shape index (κ3) is 2.93. The lowest BCUT2D eigenvalue weighted by Gasteiger charge is -2.34. The van der Waals surface area contributed by atoms with Gasteiger partial charge >= 0.3 is 0 Å². The van der Waals surface area contributed by atoms with Crippen molar-refractivity contribution >= 4 is 40.4 Å². The SMILES string of the molecule is O=C(CN1CC2(CC2)c2c(ccc(I)c2F)C1=O)Nc1ncc(F)cn1. The highest BCUT2D eigenvalue weighted by Crippen LogP contribution is 2.53. The van der Waals surface area contributed by atoms with E-state index in [9.17, 15) is 18.4 Å². The second-order valence-electron chi connectivity index (χ2n) is 6.50. The number of halogens is 3. The normalized spacial score (nSPS) is 17.2. The lowest BCUT2D eigenvalue weighted by molar-refractivity contribution is -0.117. The van der Waals surface area contributed by atoms with Crippen molar-refractivity contribution in [3.63, 3.8) is 0 Å². The fraction of sp³-hybridized carbons (Fsp3) is 0.294. The Morgan fingerprint density at radius 1 is 1.27 bits per heavy atom. The summed E-state index contributed by atoms with van der Waals surface area (Å²) < 4.78 is 27.9. The van der Waals surface area contributed by atoms with Crippen LogP contribution < -0.4 is 5.32 Å². The van der Waals surface area contributed by atoms with E-state index in [1.54, 1.807) is 12.1 Å². The Kier molecular flexibility index (Phi) is 4.13. The number of amides is 2. The molecule has 0 unspecified atom stereocenters. The molecule has 26 heavy (non-hydrogen) atoms. The smallest absolute Gasteiger partial charge is 0.254 e. The van der Waals surface area contributed by atoms with Crippen molar-refractivity contribution in [3.8, 4) is 0 Å². The number of hydrogen-bond donors (Lipinski definition) is 1. The third-order valence-corrected chi connectivity index (χ3v) is 5.53. The topological polar surface area (TPSA) is 75.2 Å². The fourth-order valence-corrected chi connectivity index (χ4v) is 3.78. The van der Waals surface area contributed by atoms with Crippen molar-refractivity contribution in [3.05, 3.63) is 50.9 Å². The van der Waals surface area contributed by atoms with E-state index in [-0.39, 0.29) is 24.2 Å². The summed E-state index contributed by atoms with van der Waals surface area (Å²) in [7, 11) is 0. The van der Waals surface area contributed by atoms with Gasteiger partial charge in [0.05, 0.1) is 12.4 Å². The number of anilines is 1. The van der Waals surface area contributed by atoms with Gasteiger partial charge in [0.25, 0.3) is 5.91 Å². The number of fused-ring (bicyclic) bond motifs is 2. The summed E-state index contributed by atoms with van der Waals surface area (Å²) in [5.41, 5.74) is 0.395. The number of nitrogens with zero attached hydrogens (tertiary/aromatic N) is 3. The summed E-state index contributed by atoms with van der Waals surface area (Å²) in [5, 5.41) is 2.43. The minimum atomic E-state index is -0.613. The van der Waals surface area contributed by atoms with Crippen LogP contribution >= 0.6 is 22.6 Å². The van der Waals surface area contributed by atoms with Crippen molar-refractivity contribution in [2.45, 2.75) is 18.3 Å². The van der Waals surface area contributed by atoms with Crippen molar-refractivity contribution in [2.24, 2.45) is 0 Å². The molecule has 2 aromatic rings. The largest absolute Gasteiger partial charge is 0.328 e. The van der Waals surface area contributed by atoms with Gasteiger partial charge in [-0.1, -0.05) is 0 Å². The Morgan fingerprint density at radius 2 is 1.96 bits per heavy atom. The molecule has 0 bridgehead atoms. The highest BCUT2D eigenvalue weighted by molar-refractivity contribution is 14.1. The molecule has 0 radical (unpaired) electrons. The van der Waals surface area contributed by atoms with E-state index >= 15 is 0 Å². The van der Waals surface area contributed by atoms with E-state index in [2.05, 4.69) is 15.3 Å². The van der Waals surface area contributed by atoms with Crippen molar-refractivity contribution in [1.82, 2.24) is 14.9 Å². The van der Waals surface area contributed by atoms with E-state index in [4.69, 9.17) is 0 Å². The molecule has 2 amide bonds. The number of nitrogens with one attached hydrogen (secondary N) is 1. The fourth-order valence-electron chi connectivity index (χ4n) is 3.34. The third-order valence-electron chi connectivity index (χ3n) is 4.70. The van der Waals surface area contributed by atoms with Crippen LogP contribution in [0.5, 0.6) is 0 Å². The summed E-state index contributed by atoms with van der Waals surface area (Å²) >= 11 is 1.92. The highest BCUT2D eigenvalue weighted by Gasteiger charge is 2.53. The Hall–Kier alpha value is -2.17. The zero-order valence-corrected chi connectivity index (χ0v) is 15.6. The molecule has 1 saturated carbocycles. The van der Waals surface area contributed by atoms with E-state index in [0.29, 0.717) is 21.2 Å². The summed E-state index contributed by atoms with van der Waals surface area (Å²) in [6.07, 6.45) is 3.44. The van der Waals surface area contributed by atoms with Crippen LogP contribution in [-0.4, -0.2) is 39.8 Å². The minimum Gasteiger partial charge on any atom is -0.328 e. The van der Waals surface area contributed by atoms with Gasteiger partial charge in [-0.2, -0.15) is 0 Å². The van der Waals surface area contributed by atoms with E-state index < -0.39 is 17.1 Å².